The first kappa shape index (κ1) is 25.0. The number of hydrogen-bond acceptors (Lipinski definition) is 8. The van der Waals surface area contributed by atoms with Gasteiger partial charge in [0.05, 0.1) is 11.5 Å². The minimum Gasteiger partial charge on any atom is -0.456 e. The molecule has 3 saturated carbocycles. The second-order valence-corrected chi connectivity index (χ2v) is 13.4. The van der Waals surface area contributed by atoms with Gasteiger partial charge in [0.25, 0.3) is 0 Å². The van der Waals surface area contributed by atoms with Crippen LogP contribution in [0.2, 0.25) is 0 Å². The van der Waals surface area contributed by atoms with Crippen LogP contribution in [0.1, 0.15) is 73.1 Å². The summed E-state index contributed by atoms with van der Waals surface area (Å²) in [7, 11) is 0. The zero-order valence-electron chi connectivity index (χ0n) is 22.8. The number of aliphatic hydroxyl groups is 1. The molecule has 0 aromatic carbocycles. The molecule has 3 heterocycles. The average Bonchev–Trinajstić information content (AvgIpc) is 3.37. The lowest BCUT2D eigenvalue weighted by molar-refractivity contribution is -0.218. The Morgan fingerprint density at radius 3 is 2.55 bits per heavy atom. The van der Waals surface area contributed by atoms with Crippen molar-refractivity contribution in [1.82, 2.24) is 0 Å². The molecule has 0 radical (unpaired) electrons. The quantitative estimate of drug-likeness (QED) is 0.431. The number of cyclic esters (lactones) is 1. The molecule has 0 amide bonds. The third-order valence-corrected chi connectivity index (χ3v) is 12.3. The molecule has 8 heteroatoms. The highest BCUT2D eigenvalue weighted by Gasteiger charge is 2.83. The Hall–Kier alpha value is -2.03. The Morgan fingerprint density at radius 2 is 1.84 bits per heavy atom. The summed E-state index contributed by atoms with van der Waals surface area (Å²) in [6.45, 7) is 9.20. The first-order valence-corrected chi connectivity index (χ1v) is 14.2. The Morgan fingerprint density at radius 1 is 1.08 bits per heavy atom. The number of esters is 2. The van der Waals surface area contributed by atoms with Gasteiger partial charge in [0.15, 0.2) is 18.2 Å². The maximum Gasteiger partial charge on any atom is 0.334 e. The van der Waals surface area contributed by atoms with E-state index in [-0.39, 0.29) is 47.5 Å². The maximum absolute atomic E-state index is 13.6. The Bertz CT molecular complexity index is 1200. The van der Waals surface area contributed by atoms with E-state index in [9.17, 15) is 19.5 Å². The molecular formula is C30H38O8. The lowest BCUT2D eigenvalue weighted by atomic mass is 9.44. The number of fused-ring (bicyclic) bond motifs is 3. The van der Waals surface area contributed by atoms with Crippen molar-refractivity contribution in [2.24, 2.45) is 34.5 Å². The topological polar surface area (TPSA) is 112 Å². The van der Waals surface area contributed by atoms with E-state index in [1.807, 2.05) is 20.8 Å². The molecule has 2 unspecified atom stereocenters. The number of epoxide rings is 1. The molecule has 2 saturated heterocycles. The number of aliphatic hydroxyl groups excluding tert-OH is 1. The number of carbonyl (C=O) groups excluding carboxylic acids is 3. The fourth-order valence-electron chi connectivity index (χ4n) is 10.4. The van der Waals surface area contributed by atoms with Crippen molar-refractivity contribution < 1.29 is 38.4 Å². The molecule has 38 heavy (non-hydrogen) atoms. The van der Waals surface area contributed by atoms with Gasteiger partial charge in [-0.1, -0.05) is 5.57 Å². The standard InChI is InChI=1S/C30H38O8/c1-14-12-23(36-25(33)15(14)2)28(5)20-7-6-19-17-13-24-30(37-24)22(35-16(3)31)9-8-21(32)27(30,4)18(17)10-11-29(19,20)26(34)38-28/h8-9,17-20,22-24,26,34H,6-7,10-13H2,1-5H3/t17-,18+,19+,20-,22+,23?,24-,26?,27+,28-,29-,30-/m1/s1. The van der Waals surface area contributed by atoms with Crippen LogP contribution in [0.15, 0.2) is 23.3 Å². The summed E-state index contributed by atoms with van der Waals surface area (Å²) < 4.78 is 24.5. The molecular weight excluding hydrogens is 488 g/mol. The molecule has 2 spiro atoms. The van der Waals surface area contributed by atoms with Gasteiger partial charge in [-0.3, -0.25) is 9.59 Å². The highest BCUT2D eigenvalue weighted by atomic mass is 16.7. The third-order valence-electron chi connectivity index (χ3n) is 12.3. The highest BCUT2D eigenvalue weighted by Crippen LogP contribution is 2.76. The molecule has 0 bridgehead atoms. The summed E-state index contributed by atoms with van der Waals surface area (Å²) >= 11 is 0. The predicted molar refractivity (Wildman–Crippen MR) is 133 cm³/mol. The minimum atomic E-state index is -0.952. The largest absolute Gasteiger partial charge is 0.456 e. The lowest BCUT2D eigenvalue weighted by Gasteiger charge is -2.58. The van der Waals surface area contributed by atoms with Gasteiger partial charge >= 0.3 is 11.9 Å². The van der Waals surface area contributed by atoms with Gasteiger partial charge in [-0.05, 0) is 89.7 Å². The fourth-order valence-corrected chi connectivity index (χ4v) is 10.4. The van der Waals surface area contributed by atoms with Crippen LogP contribution < -0.4 is 0 Å². The number of carbonyl (C=O) groups is 3. The summed E-state index contributed by atoms with van der Waals surface area (Å²) in [4.78, 5) is 38.1. The van der Waals surface area contributed by atoms with Crippen LogP contribution >= 0.6 is 0 Å². The first-order valence-electron chi connectivity index (χ1n) is 14.2. The fraction of sp³-hybridized carbons (Fsp3) is 0.767. The summed E-state index contributed by atoms with van der Waals surface area (Å²) in [5.41, 5.74) is -1.14. The van der Waals surface area contributed by atoms with Crippen LogP contribution in [0, 0.1) is 34.5 Å². The molecule has 0 aromatic heterocycles. The Labute approximate surface area is 223 Å². The van der Waals surface area contributed by atoms with Crippen molar-refractivity contribution in [3.63, 3.8) is 0 Å². The smallest absolute Gasteiger partial charge is 0.334 e. The molecule has 7 rings (SSSR count). The maximum atomic E-state index is 13.6. The van der Waals surface area contributed by atoms with Crippen molar-refractivity contribution >= 4 is 17.7 Å². The van der Waals surface area contributed by atoms with Crippen molar-refractivity contribution in [3.8, 4) is 0 Å². The molecule has 4 aliphatic carbocycles. The summed E-state index contributed by atoms with van der Waals surface area (Å²) in [6.07, 6.45) is 5.87. The summed E-state index contributed by atoms with van der Waals surface area (Å²) in [6, 6.07) is 0. The molecule has 206 valence electrons. The lowest BCUT2D eigenvalue weighted by Crippen LogP contribution is -2.64. The number of hydrogen-bond donors (Lipinski definition) is 1. The van der Waals surface area contributed by atoms with E-state index in [0.29, 0.717) is 12.0 Å². The van der Waals surface area contributed by atoms with Crippen molar-refractivity contribution in [2.45, 2.75) is 109 Å². The number of ketones is 1. The minimum absolute atomic E-state index is 0.0448. The molecule has 12 atom stereocenters. The Kier molecular flexibility index (Phi) is 4.98. The Balaban J connectivity index is 1.23. The van der Waals surface area contributed by atoms with Crippen LogP contribution in [0.25, 0.3) is 0 Å². The zero-order valence-corrected chi connectivity index (χ0v) is 22.8. The van der Waals surface area contributed by atoms with Crippen LogP contribution in [0.5, 0.6) is 0 Å². The van der Waals surface area contributed by atoms with Gasteiger partial charge < -0.3 is 24.1 Å². The average molecular weight is 527 g/mol. The van der Waals surface area contributed by atoms with Crippen LogP contribution in [-0.4, -0.2) is 58.6 Å². The second kappa shape index (κ2) is 7.58. The second-order valence-electron chi connectivity index (χ2n) is 13.4. The molecule has 1 N–H and O–H groups in total. The predicted octanol–water partition coefficient (Wildman–Crippen LogP) is 3.40. The highest BCUT2D eigenvalue weighted by molar-refractivity contribution is 5.98. The van der Waals surface area contributed by atoms with E-state index in [2.05, 4.69) is 0 Å². The van der Waals surface area contributed by atoms with E-state index in [1.165, 1.54) is 6.92 Å². The number of allylic oxidation sites excluding steroid dienone is 1. The summed E-state index contributed by atoms with van der Waals surface area (Å²) in [5, 5.41) is 11.6. The van der Waals surface area contributed by atoms with Crippen LogP contribution in [0.4, 0.5) is 0 Å². The zero-order chi connectivity index (χ0) is 27.0. The van der Waals surface area contributed by atoms with Crippen molar-refractivity contribution in [3.05, 3.63) is 23.3 Å². The normalized spacial score (nSPS) is 54.4. The molecule has 8 nitrogen and oxygen atoms in total. The SMILES string of the molecule is CC(=O)O[C@H]1C=CC(=O)[C@]2(C)[C@H]3CC[C@]45C(O)O[C@@](C)(C6CC(C)=C(C)C(=O)O6)[C@H]4CC[C@H]5[C@@H]3C[C@H]3O[C@]132. The number of ether oxygens (including phenoxy) is 4. The molecule has 0 aromatic rings. The van der Waals surface area contributed by atoms with E-state index >= 15 is 0 Å². The first-order chi connectivity index (χ1) is 17.9. The van der Waals surface area contributed by atoms with Crippen molar-refractivity contribution in [1.29, 1.82) is 0 Å². The number of rotatable bonds is 2. The summed E-state index contributed by atoms with van der Waals surface area (Å²) in [5.74, 6) is -0.162. The van der Waals surface area contributed by atoms with E-state index in [4.69, 9.17) is 18.9 Å². The van der Waals surface area contributed by atoms with Gasteiger partial charge in [0, 0.05) is 30.3 Å². The van der Waals surface area contributed by atoms with Gasteiger partial charge in [-0.25, -0.2) is 4.79 Å². The molecule has 7 aliphatic rings. The van der Waals surface area contributed by atoms with Gasteiger partial charge in [0.2, 0.25) is 0 Å². The van der Waals surface area contributed by atoms with E-state index in [0.717, 1.165) is 37.7 Å². The molecule has 3 aliphatic heterocycles. The third kappa shape index (κ3) is 2.70. The molecule has 5 fully saturated rings. The van der Waals surface area contributed by atoms with E-state index < -0.39 is 40.5 Å². The van der Waals surface area contributed by atoms with E-state index in [1.54, 1.807) is 19.1 Å². The van der Waals surface area contributed by atoms with Gasteiger partial charge in [0.1, 0.15) is 17.3 Å². The van der Waals surface area contributed by atoms with Gasteiger partial charge in [-0.2, -0.15) is 0 Å². The van der Waals surface area contributed by atoms with Crippen LogP contribution in [0.3, 0.4) is 0 Å². The monoisotopic (exact) mass is 526 g/mol. The van der Waals surface area contributed by atoms with Crippen LogP contribution in [-0.2, 0) is 33.3 Å². The van der Waals surface area contributed by atoms with Gasteiger partial charge in [-0.15, -0.1) is 0 Å². The van der Waals surface area contributed by atoms with Crippen molar-refractivity contribution in [2.75, 3.05) is 0 Å².